The molecule has 0 saturated carbocycles. The van der Waals surface area contributed by atoms with Crippen molar-refractivity contribution in [3.63, 3.8) is 0 Å². The zero-order valence-electron chi connectivity index (χ0n) is 24.2. The Balaban J connectivity index is 1.33. The third kappa shape index (κ3) is 4.38. The standard InChI is InChI=1S/C34H14N2O11S2/c1-3-15-5-17(33(41)42)9-19(7-15)35-29(37)21-11-25-27(13-23(21)31(35)39)49(46,47)28-14-24-22(12-26(28)48(25)45)30(38)36(32(24)40)20-8-16(4-2)6-18(10-20)34(43)44/h1-2,5-14H,(H,41,42)(H,43,44). The number of carbonyl (C=O) groups is 6. The van der Waals surface area contributed by atoms with Crippen molar-refractivity contribution in [3.8, 4) is 24.7 Å². The minimum Gasteiger partial charge on any atom is -0.606 e. The summed E-state index contributed by atoms with van der Waals surface area (Å²) in [5.74, 6) is -2.21. The number of carbonyl (C=O) groups excluding carboxylic acids is 4. The first-order valence-corrected chi connectivity index (χ1v) is 16.3. The second-order valence-corrected chi connectivity index (χ2v) is 14.1. The largest absolute Gasteiger partial charge is 0.606 e. The number of carboxylic acids is 2. The van der Waals surface area contributed by atoms with Crippen LogP contribution in [0.2, 0.25) is 0 Å². The molecule has 4 amide bonds. The van der Waals surface area contributed by atoms with E-state index in [0.29, 0.717) is 9.80 Å². The molecule has 2 N–H and O–H groups in total. The summed E-state index contributed by atoms with van der Waals surface area (Å²) in [7, 11) is -4.65. The zero-order valence-corrected chi connectivity index (χ0v) is 25.8. The lowest BCUT2D eigenvalue weighted by Gasteiger charge is -2.22. The van der Waals surface area contributed by atoms with E-state index >= 15 is 0 Å². The fraction of sp³-hybridized carbons (Fsp3) is 0. The highest BCUT2D eigenvalue weighted by Gasteiger charge is 2.48. The van der Waals surface area contributed by atoms with Gasteiger partial charge in [0.05, 0.1) is 44.8 Å². The first-order valence-electron chi connectivity index (χ1n) is 13.7. The second-order valence-electron chi connectivity index (χ2n) is 10.8. The van der Waals surface area contributed by atoms with Crippen LogP contribution in [0.5, 0.6) is 0 Å². The summed E-state index contributed by atoms with van der Waals surface area (Å²) in [6.45, 7) is 0. The van der Waals surface area contributed by atoms with Crippen molar-refractivity contribution in [1.82, 2.24) is 0 Å². The summed E-state index contributed by atoms with van der Waals surface area (Å²) in [5.41, 5.74) is -2.31. The number of sulfone groups is 1. The molecule has 3 aliphatic rings. The molecule has 3 aliphatic heterocycles. The Kier molecular flexibility index (Phi) is 6.66. The first kappa shape index (κ1) is 31.1. The van der Waals surface area contributed by atoms with Crippen LogP contribution in [0.1, 0.15) is 73.3 Å². The van der Waals surface area contributed by atoms with Crippen molar-refractivity contribution in [3.05, 3.63) is 105 Å². The number of carboxylic acid groups (broad SMARTS) is 2. The molecule has 0 bridgehead atoms. The summed E-state index contributed by atoms with van der Waals surface area (Å²) >= 11 is -2.37. The predicted molar refractivity (Wildman–Crippen MR) is 168 cm³/mol. The number of anilines is 2. The SMILES string of the molecule is C#Cc1cc(C(=O)O)cc(N2C(=O)c3cc4c(cc3C2=O)S(=O)(=O)c2cc3c(cc2[S+]4[O-])C(=O)N(c2cc(C#C)cc(C(=O)O)c2)C3=O)c1. The molecule has 0 fully saturated rings. The lowest BCUT2D eigenvalue weighted by molar-refractivity contribution is 0.0686. The van der Waals surface area contributed by atoms with E-state index in [0.717, 1.165) is 48.5 Å². The highest BCUT2D eigenvalue weighted by molar-refractivity contribution is 7.97. The summed E-state index contributed by atoms with van der Waals surface area (Å²) in [6, 6.07) is 10.6. The van der Waals surface area contributed by atoms with Gasteiger partial charge in [-0.2, -0.15) is 0 Å². The van der Waals surface area contributed by atoms with Gasteiger partial charge in [-0.15, -0.1) is 12.8 Å². The van der Waals surface area contributed by atoms with Gasteiger partial charge in [-0.25, -0.2) is 27.8 Å². The maximum absolute atomic E-state index is 14.0. The highest BCUT2D eigenvalue weighted by atomic mass is 32.2. The Morgan fingerprint density at radius 3 is 1.29 bits per heavy atom. The molecule has 3 heterocycles. The average molecular weight is 691 g/mol. The second kappa shape index (κ2) is 10.5. The molecular formula is C34H14N2O11S2. The zero-order chi connectivity index (χ0) is 35.3. The van der Waals surface area contributed by atoms with E-state index in [4.69, 9.17) is 12.8 Å². The number of benzene rings is 4. The van der Waals surface area contributed by atoms with Gasteiger partial charge in [-0.3, -0.25) is 19.2 Å². The van der Waals surface area contributed by atoms with Gasteiger partial charge in [-0.1, -0.05) is 11.8 Å². The van der Waals surface area contributed by atoms with Crippen molar-refractivity contribution in [2.45, 2.75) is 19.6 Å². The predicted octanol–water partition coefficient (Wildman–Crippen LogP) is 2.96. The number of fused-ring (bicyclic) bond motifs is 4. The molecule has 4 aromatic rings. The molecule has 0 aliphatic carbocycles. The monoisotopic (exact) mass is 690 g/mol. The fourth-order valence-electron chi connectivity index (χ4n) is 5.80. The van der Waals surface area contributed by atoms with Crippen LogP contribution in [0.25, 0.3) is 0 Å². The van der Waals surface area contributed by atoms with E-state index in [1.54, 1.807) is 0 Å². The Bertz CT molecular complexity index is 2390. The summed E-state index contributed by atoms with van der Waals surface area (Å²) in [6.07, 6.45) is 10.8. The molecule has 0 atom stereocenters. The Hall–Kier alpha value is -6.52. The molecule has 0 unspecified atom stereocenters. The third-order valence-corrected chi connectivity index (χ3v) is 11.6. The molecule has 49 heavy (non-hydrogen) atoms. The third-order valence-electron chi connectivity index (χ3n) is 8.06. The molecule has 238 valence electrons. The number of hydrogen-bond acceptors (Lipinski definition) is 9. The summed E-state index contributed by atoms with van der Waals surface area (Å²) in [5, 5.41) is 19.0. The van der Waals surface area contributed by atoms with Crippen LogP contribution < -0.4 is 9.80 Å². The van der Waals surface area contributed by atoms with E-state index in [2.05, 4.69) is 11.8 Å². The van der Waals surface area contributed by atoms with Crippen molar-refractivity contribution in [1.29, 1.82) is 0 Å². The molecule has 0 radical (unpaired) electrons. The van der Waals surface area contributed by atoms with Gasteiger partial charge in [0.2, 0.25) is 9.84 Å². The average Bonchev–Trinajstić information content (AvgIpc) is 3.48. The van der Waals surface area contributed by atoms with E-state index in [9.17, 15) is 52.0 Å². The maximum Gasteiger partial charge on any atom is 0.335 e. The van der Waals surface area contributed by atoms with Gasteiger partial charge in [0, 0.05) is 34.4 Å². The van der Waals surface area contributed by atoms with E-state index in [-0.39, 0.29) is 65.7 Å². The topological polar surface area (TPSA) is 207 Å². The smallest absolute Gasteiger partial charge is 0.335 e. The fourth-order valence-corrected chi connectivity index (χ4v) is 9.52. The number of terminal acetylenes is 2. The van der Waals surface area contributed by atoms with Crippen LogP contribution >= 0.6 is 0 Å². The maximum atomic E-state index is 14.0. The van der Waals surface area contributed by atoms with Crippen LogP contribution in [0.4, 0.5) is 11.4 Å². The molecule has 4 aromatic carbocycles. The minimum atomic E-state index is -4.65. The van der Waals surface area contributed by atoms with Gasteiger partial charge in [0.1, 0.15) is 9.79 Å². The molecular weight excluding hydrogens is 677 g/mol. The van der Waals surface area contributed by atoms with Crippen LogP contribution in [0.3, 0.4) is 0 Å². The lowest BCUT2D eigenvalue weighted by atomic mass is 10.1. The van der Waals surface area contributed by atoms with Crippen molar-refractivity contribution >= 4 is 68.0 Å². The molecule has 7 rings (SSSR count). The number of aromatic carboxylic acids is 2. The van der Waals surface area contributed by atoms with E-state index in [1.807, 2.05) is 0 Å². The molecule has 0 saturated heterocycles. The van der Waals surface area contributed by atoms with Crippen LogP contribution in [0.15, 0.2) is 80.2 Å². The molecule has 15 heteroatoms. The van der Waals surface area contributed by atoms with Gasteiger partial charge in [0.15, 0.2) is 9.79 Å². The van der Waals surface area contributed by atoms with E-state index in [1.165, 1.54) is 12.1 Å². The van der Waals surface area contributed by atoms with Crippen molar-refractivity contribution < 1.29 is 52.0 Å². The number of imide groups is 2. The number of nitrogens with zero attached hydrogens (tertiary/aromatic N) is 2. The van der Waals surface area contributed by atoms with Gasteiger partial charge >= 0.3 is 11.9 Å². The Morgan fingerprint density at radius 2 is 0.959 bits per heavy atom. The van der Waals surface area contributed by atoms with Gasteiger partial charge < -0.3 is 14.8 Å². The van der Waals surface area contributed by atoms with Gasteiger partial charge in [-0.05, 0) is 48.5 Å². The summed E-state index contributed by atoms with van der Waals surface area (Å²) < 4.78 is 41.9. The molecule has 0 spiro atoms. The minimum absolute atomic E-state index is 0.0478. The number of rotatable bonds is 4. The highest BCUT2D eigenvalue weighted by Crippen LogP contribution is 2.45. The van der Waals surface area contributed by atoms with Crippen molar-refractivity contribution in [2.24, 2.45) is 0 Å². The van der Waals surface area contributed by atoms with Crippen molar-refractivity contribution in [2.75, 3.05) is 9.80 Å². The van der Waals surface area contributed by atoms with E-state index < -0.39 is 66.4 Å². The Morgan fingerprint density at radius 1 is 0.612 bits per heavy atom. The lowest BCUT2D eigenvalue weighted by Crippen LogP contribution is -2.29. The van der Waals surface area contributed by atoms with Crippen LogP contribution in [0, 0.1) is 24.7 Å². The summed E-state index contributed by atoms with van der Waals surface area (Å²) in [4.78, 5) is 76.7. The quantitative estimate of drug-likeness (QED) is 0.181. The number of hydrogen-bond donors (Lipinski definition) is 2. The van der Waals surface area contributed by atoms with Crippen LogP contribution in [-0.4, -0.2) is 58.8 Å². The molecule has 13 nitrogen and oxygen atoms in total. The Labute approximate surface area is 278 Å². The van der Waals surface area contributed by atoms with Gasteiger partial charge in [0.25, 0.3) is 23.6 Å². The normalized spacial score (nSPS) is 15.7. The number of amides is 4. The van der Waals surface area contributed by atoms with Crippen LogP contribution in [-0.2, 0) is 21.0 Å². The first-order chi connectivity index (χ1) is 23.2. The molecule has 0 aromatic heterocycles.